The maximum Gasteiger partial charge on any atom is 0.282 e. The van der Waals surface area contributed by atoms with E-state index in [2.05, 4.69) is 15.1 Å². The summed E-state index contributed by atoms with van der Waals surface area (Å²) in [4.78, 5) is 24.0. The number of amides is 1. The Morgan fingerprint density at radius 2 is 1.77 bits per heavy atom. The predicted octanol–water partition coefficient (Wildman–Crippen LogP) is 2.92. The highest BCUT2D eigenvalue weighted by molar-refractivity contribution is 5.95. The van der Waals surface area contributed by atoms with Gasteiger partial charge in [-0.3, -0.25) is 9.48 Å². The van der Waals surface area contributed by atoms with Crippen LogP contribution in [0.5, 0.6) is 0 Å². The van der Waals surface area contributed by atoms with E-state index in [0.717, 1.165) is 0 Å². The van der Waals surface area contributed by atoms with E-state index in [1.165, 1.54) is 29.2 Å². The van der Waals surface area contributed by atoms with Gasteiger partial charge < -0.3 is 9.80 Å². The van der Waals surface area contributed by atoms with Crippen molar-refractivity contribution in [2.24, 2.45) is 7.05 Å². The lowest BCUT2D eigenvalue weighted by Crippen LogP contribution is -2.49. The number of aryl methyl sites for hydroxylation is 1. The van der Waals surface area contributed by atoms with Crippen molar-refractivity contribution in [3.05, 3.63) is 59.9 Å². The molecule has 0 spiro atoms. The minimum Gasteiger partial charge on any atom is -0.351 e. The van der Waals surface area contributed by atoms with Gasteiger partial charge in [-0.15, -0.1) is 0 Å². The van der Waals surface area contributed by atoms with Gasteiger partial charge >= 0.3 is 0 Å². The highest BCUT2D eigenvalue weighted by atomic mass is 19.3. The van der Waals surface area contributed by atoms with Gasteiger partial charge in [0.1, 0.15) is 17.7 Å². The van der Waals surface area contributed by atoms with Crippen molar-refractivity contribution in [2.45, 2.75) is 6.43 Å². The summed E-state index contributed by atoms with van der Waals surface area (Å²) < 4.78 is 42.6. The van der Waals surface area contributed by atoms with Gasteiger partial charge in [0.25, 0.3) is 12.3 Å². The van der Waals surface area contributed by atoms with Crippen LogP contribution in [0, 0.1) is 5.82 Å². The predicted molar refractivity (Wildman–Crippen MR) is 104 cm³/mol. The van der Waals surface area contributed by atoms with Crippen LogP contribution in [-0.2, 0) is 7.05 Å². The van der Waals surface area contributed by atoms with Crippen molar-refractivity contribution >= 4 is 11.7 Å². The summed E-state index contributed by atoms with van der Waals surface area (Å²) in [5.74, 6) is -0.882. The highest BCUT2D eigenvalue weighted by Gasteiger charge is 2.30. The zero-order chi connectivity index (χ0) is 21.3. The minimum atomic E-state index is -2.84. The fourth-order valence-corrected chi connectivity index (χ4v) is 3.50. The summed E-state index contributed by atoms with van der Waals surface area (Å²) in [5.41, 5.74) is 0.208. The van der Waals surface area contributed by atoms with Crippen LogP contribution >= 0.6 is 0 Å². The van der Waals surface area contributed by atoms with Crippen LogP contribution in [0.25, 0.3) is 11.3 Å². The summed E-state index contributed by atoms with van der Waals surface area (Å²) in [6.07, 6.45) is -0.229. The van der Waals surface area contributed by atoms with Gasteiger partial charge in [-0.25, -0.2) is 23.1 Å². The van der Waals surface area contributed by atoms with Crippen molar-refractivity contribution < 1.29 is 18.0 Å². The molecule has 1 aromatic carbocycles. The largest absolute Gasteiger partial charge is 0.351 e. The van der Waals surface area contributed by atoms with Gasteiger partial charge in [0, 0.05) is 45.0 Å². The number of alkyl halides is 2. The Morgan fingerprint density at radius 3 is 2.43 bits per heavy atom. The molecule has 1 fully saturated rings. The molecule has 3 heterocycles. The molecular formula is C20H19F3N6O. The number of piperazine rings is 1. The van der Waals surface area contributed by atoms with Crippen molar-refractivity contribution in [3.8, 4) is 11.3 Å². The minimum absolute atomic E-state index is 0.111. The number of carbonyl (C=O) groups is 1. The number of nitrogens with zero attached hydrogens (tertiary/aromatic N) is 6. The van der Waals surface area contributed by atoms with Crippen molar-refractivity contribution in [1.82, 2.24) is 24.6 Å². The molecule has 0 unspecified atom stereocenters. The monoisotopic (exact) mass is 416 g/mol. The SMILES string of the molecule is Cn1cc(C(=O)N2CCN(c3ncnc(-c4ccccc4)c3F)CC2)c(C(F)F)n1. The lowest BCUT2D eigenvalue weighted by Gasteiger charge is -2.35. The number of aromatic nitrogens is 4. The molecule has 7 nitrogen and oxygen atoms in total. The number of hydrogen-bond donors (Lipinski definition) is 0. The van der Waals surface area contributed by atoms with Gasteiger partial charge in [-0.1, -0.05) is 30.3 Å². The average molecular weight is 416 g/mol. The number of halogens is 3. The Morgan fingerprint density at radius 1 is 1.07 bits per heavy atom. The van der Waals surface area contributed by atoms with Gasteiger partial charge in [0.2, 0.25) is 0 Å². The van der Waals surface area contributed by atoms with Crippen LogP contribution < -0.4 is 4.90 Å². The first-order valence-corrected chi connectivity index (χ1v) is 9.37. The fourth-order valence-electron chi connectivity index (χ4n) is 3.50. The number of benzene rings is 1. The second-order valence-electron chi connectivity index (χ2n) is 6.91. The molecule has 1 aliphatic heterocycles. The molecule has 0 bridgehead atoms. The molecule has 0 radical (unpaired) electrons. The molecule has 156 valence electrons. The van der Waals surface area contributed by atoms with E-state index in [0.29, 0.717) is 18.7 Å². The van der Waals surface area contributed by atoms with E-state index < -0.39 is 23.8 Å². The van der Waals surface area contributed by atoms with Crippen molar-refractivity contribution in [3.63, 3.8) is 0 Å². The normalized spacial score (nSPS) is 14.4. The standard InChI is InChI=1S/C20H19F3N6O/c1-27-11-14(17(26-27)18(22)23)20(30)29-9-7-28(8-10-29)19-15(21)16(24-12-25-19)13-5-3-2-4-6-13/h2-6,11-12,18H,7-10H2,1H3. The van der Waals surface area contributed by atoms with Crippen LogP contribution in [0.3, 0.4) is 0 Å². The zero-order valence-corrected chi connectivity index (χ0v) is 16.2. The molecule has 3 aromatic rings. The Bertz CT molecular complexity index is 1050. The highest BCUT2D eigenvalue weighted by Crippen LogP contribution is 2.27. The van der Waals surface area contributed by atoms with E-state index in [1.54, 1.807) is 29.2 Å². The molecule has 0 atom stereocenters. The molecule has 1 saturated heterocycles. The first-order chi connectivity index (χ1) is 14.5. The molecule has 1 aliphatic rings. The molecule has 0 aliphatic carbocycles. The zero-order valence-electron chi connectivity index (χ0n) is 16.2. The third-order valence-corrected chi connectivity index (χ3v) is 4.98. The second kappa shape index (κ2) is 8.13. The second-order valence-corrected chi connectivity index (χ2v) is 6.91. The number of carbonyl (C=O) groups excluding carboxylic acids is 1. The summed E-state index contributed by atoms with van der Waals surface area (Å²) in [7, 11) is 1.49. The Kier molecular flexibility index (Phi) is 5.39. The fraction of sp³-hybridized carbons (Fsp3) is 0.300. The third-order valence-electron chi connectivity index (χ3n) is 4.98. The van der Waals surface area contributed by atoms with Gasteiger partial charge in [-0.05, 0) is 0 Å². The number of anilines is 1. The van der Waals surface area contributed by atoms with Crippen LogP contribution in [0.2, 0.25) is 0 Å². The van der Waals surface area contributed by atoms with Crippen LogP contribution in [0.1, 0.15) is 22.5 Å². The topological polar surface area (TPSA) is 67.2 Å². The molecule has 10 heteroatoms. The van der Waals surface area contributed by atoms with E-state index in [4.69, 9.17) is 0 Å². The quantitative estimate of drug-likeness (QED) is 0.654. The van der Waals surface area contributed by atoms with Gasteiger partial charge in [0.05, 0.1) is 5.56 Å². The van der Waals surface area contributed by atoms with Crippen LogP contribution in [0.4, 0.5) is 19.0 Å². The Hall–Kier alpha value is -3.43. The molecule has 30 heavy (non-hydrogen) atoms. The summed E-state index contributed by atoms with van der Waals surface area (Å²) in [5, 5.41) is 3.68. The van der Waals surface area contributed by atoms with E-state index in [9.17, 15) is 13.6 Å². The van der Waals surface area contributed by atoms with E-state index in [1.807, 2.05) is 6.07 Å². The van der Waals surface area contributed by atoms with Gasteiger partial charge in [-0.2, -0.15) is 5.10 Å². The average Bonchev–Trinajstić information content (AvgIpc) is 3.16. The lowest BCUT2D eigenvalue weighted by atomic mass is 10.1. The molecule has 4 rings (SSSR count). The molecule has 2 aromatic heterocycles. The smallest absolute Gasteiger partial charge is 0.282 e. The molecule has 0 saturated carbocycles. The number of rotatable bonds is 4. The number of hydrogen-bond acceptors (Lipinski definition) is 5. The molecule has 0 N–H and O–H groups in total. The van der Waals surface area contributed by atoms with Crippen LogP contribution in [-0.4, -0.2) is 56.7 Å². The van der Waals surface area contributed by atoms with Crippen molar-refractivity contribution in [1.29, 1.82) is 0 Å². The maximum absolute atomic E-state index is 15.1. The first kappa shape index (κ1) is 19.9. The molecular weight excluding hydrogens is 397 g/mol. The van der Waals surface area contributed by atoms with E-state index >= 15 is 4.39 Å². The summed E-state index contributed by atoms with van der Waals surface area (Å²) >= 11 is 0. The first-order valence-electron chi connectivity index (χ1n) is 9.37. The Labute approximate surface area is 170 Å². The van der Waals surface area contributed by atoms with E-state index in [-0.39, 0.29) is 30.2 Å². The summed E-state index contributed by atoms with van der Waals surface area (Å²) in [6.45, 7) is 1.14. The maximum atomic E-state index is 15.1. The van der Waals surface area contributed by atoms with Crippen LogP contribution in [0.15, 0.2) is 42.9 Å². The van der Waals surface area contributed by atoms with Crippen molar-refractivity contribution in [2.75, 3.05) is 31.1 Å². The molecule has 1 amide bonds. The lowest BCUT2D eigenvalue weighted by molar-refractivity contribution is 0.0734. The van der Waals surface area contributed by atoms with Gasteiger partial charge in [0.15, 0.2) is 11.6 Å². The summed E-state index contributed by atoms with van der Waals surface area (Å²) in [6, 6.07) is 8.96. The Balaban J connectivity index is 1.50. The third kappa shape index (κ3) is 3.72.